The van der Waals surface area contributed by atoms with Crippen LogP contribution in [0.5, 0.6) is 5.75 Å². The molecule has 9 heterocycles. The molecular weight excluding hydrogens is 1230 g/mol. The van der Waals surface area contributed by atoms with E-state index in [4.69, 9.17) is 40.9 Å². The Balaban J connectivity index is 1.03. The number of fused-ring (bicyclic) bond motifs is 16. The van der Waals surface area contributed by atoms with Crippen molar-refractivity contribution in [3.63, 3.8) is 0 Å². The lowest BCUT2D eigenvalue weighted by Gasteiger charge is -2.29. The SMILES string of the molecule is CCNC(=O)O[C@H]1CN2C(=O)[C@H](Cc3ccc(OC)cc3)NC(=O)c3csc(n3)[C@H]([C@H](O)c3ccccc3)NC(=O)c3nc(sc3C)[C@H](CC(N)=O)NC(=O)c3csc(n3)-c3ccc(-c4nc(C(N)=O)cs4)nc3-c3csc(n3)-c3csc(n3)[C@H]2[C@H]1C. The molecule has 1 saturated heterocycles. The van der Waals surface area contributed by atoms with Crippen LogP contribution in [-0.4, -0.2) is 119 Å². The van der Waals surface area contributed by atoms with Gasteiger partial charge >= 0.3 is 6.09 Å². The predicted molar refractivity (Wildman–Crippen MR) is 327 cm³/mol. The fraction of sp³-hybridized carbons (Fsp3) is 0.263. The van der Waals surface area contributed by atoms with Gasteiger partial charge in [0.05, 0.1) is 37.9 Å². The van der Waals surface area contributed by atoms with E-state index in [-0.39, 0.29) is 45.8 Å². The van der Waals surface area contributed by atoms with Crippen molar-refractivity contribution in [3.8, 4) is 49.1 Å². The number of thiazole rings is 6. The first kappa shape index (κ1) is 59.9. The number of amides is 7. The van der Waals surface area contributed by atoms with Crippen molar-refractivity contribution in [2.24, 2.45) is 17.4 Å². The number of nitrogens with two attached hydrogens (primary N) is 2. The lowest BCUT2D eigenvalue weighted by atomic mass is 10.00. The Labute approximate surface area is 519 Å². The van der Waals surface area contributed by atoms with E-state index in [0.29, 0.717) is 76.7 Å². The highest BCUT2D eigenvalue weighted by Crippen LogP contribution is 2.44. The van der Waals surface area contributed by atoms with Crippen molar-refractivity contribution in [1.29, 1.82) is 0 Å². The van der Waals surface area contributed by atoms with E-state index in [1.54, 1.807) is 90.9 Å². The van der Waals surface area contributed by atoms with Crippen molar-refractivity contribution in [2.45, 2.75) is 70.0 Å². The van der Waals surface area contributed by atoms with Gasteiger partial charge in [0, 0.05) is 56.2 Å². The molecule has 0 radical (unpaired) electrons. The largest absolute Gasteiger partial charge is 0.497 e. The molecule has 0 spiro atoms. The van der Waals surface area contributed by atoms with Crippen LogP contribution in [0, 0.1) is 12.8 Å². The summed E-state index contributed by atoms with van der Waals surface area (Å²) in [7, 11) is 1.53. The summed E-state index contributed by atoms with van der Waals surface area (Å²) in [4.78, 5) is 132. The highest BCUT2D eigenvalue weighted by atomic mass is 32.1. The number of benzene rings is 2. The second-order valence-corrected chi connectivity index (χ2v) is 25.6. The second kappa shape index (κ2) is 25.7. The van der Waals surface area contributed by atoms with E-state index in [1.807, 2.05) is 12.3 Å². The Morgan fingerprint density at radius 2 is 1.36 bits per heavy atom. The zero-order valence-electron chi connectivity index (χ0n) is 46.4. The molecule has 2 aliphatic rings. The third-order valence-electron chi connectivity index (χ3n) is 14.2. The van der Waals surface area contributed by atoms with E-state index in [1.165, 1.54) is 57.3 Å². The number of pyridine rings is 1. The fourth-order valence-corrected chi connectivity index (χ4v) is 15.2. The minimum atomic E-state index is -1.42. The standard InChI is InChI=1S/C57H52N14O10S6/c1-5-60-57(79)81-39-19-71-44(25(39)2)55-68-38(24-86-55)52-64-34(20-83-52)42-30(15-16-31(61-42)51-65-35(21-84-51)46(59)74)50-66-36(22-82-50)47(75)62-32(18-40(58)72)53-70-41(26(3)87-53)49(77)69-43(45(73)28-9-7-6-8-10-28)54-67-37(23-85-54)48(76)63-33(56(71)78)17-27-11-13-29(80-4)14-12-27/h6-16,20-25,32-33,39,43-45,73H,5,17-19H2,1-4H3,(H2,58,72)(H2,59,74)(H,60,79)(H,62,75)(H,63,76)(H,69,77)/t25-,32-,33-,39-,43-,44+,45+/m0/s1. The summed E-state index contributed by atoms with van der Waals surface area (Å²) in [5.74, 6) is -4.14. The molecule has 9 N–H and O–H groups in total. The number of hydrogen-bond donors (Lipinski definition) is 7. The van der Waals surface area contributed by atoms with E-state index < -0.39 is 90.3 Å². The van der Waals surface area contributed by atoms with Crippen LogP contribution in [0.25, 0.3) is 43.4 Å². The molecule has 0 saturated carbocycles. The number of carbonyl (C=O) groups is 7. The Kier molecular flexibility index (Phi) is 17.7. The van der Waals surface area contributed by atoms with Gasteiger partial charge in [-0.15, -0.1) is 68.0 Å². The molecule has 7 amide bonds. The monoisotopic (exact) mass is 1280 g/mol. The molecule has 2 aliphatic heterocycles. The summed E-state index contributed by atoms with van der Waals surface area (Å²) in [5.41, 5.74) is 14.3. The van der Waals surface area contributed by atoms with E-state index in [0.717, 1.165) is 34.0 Å². The molecule has 11 rings (SSSR count). The number of ether oxygens (including phenoxy) is 2. The maximum absolute atomic E-state index is 15.5. The Morgan fingerprint density at radius 1 is 0.701 bits per heavy atom. The Morgan fingerprint density at radius 3 is 2.08 bits per heavy atom. The van der Waals surface area contributed by atoms with Gasteiger partial charge in [0.2, 0.25) is 11.8 Å². The molecule has 446 valence electrons. The number of nitrogens with zero attached hydrogens (tertiary/aromatic N) is 8. The van der Waals surface area contributed by atoms with Gasteiger partial charge in [-0.1, -0.05) is 49.4 Å². The van der Waals surface area contributed by atoms with Crippen molar-refractivity contribution in [3.05, 3.63) is 147 Å². The number of aliphatic hydroxyl groups excluding tert-OH is 1. The number of hydrogen-bond acceptors (Lipinski definition) is 23. The zero-order chi connectivity index (χ0) is 61.2. The van der Waals surface area contributed by atoms with Crippen LogP contribution in [0.3, 0.4) is 0 Å². The summed E-state index contributed by atoms with van der Waals surface area (Å²) in [5, 5.41) is 33.5. The van der Waals surface area contributed by atoms with Gasteiger partial charge in [0.25, 0.3) is 23.6 Å². The van der Waals surface area contributed by atoms with Crippen molar-refractivity contribution >= 4 is 110 Å². The number of nitrogens with one attached hydrogen (secondary N) is 4. The van der Waals surface area contributed by atoms with Gasteiger partial charge in [-0.3, -0.25) is 28.8 Å². The number of aromatic nitrogens is 7. The summed E-state index contributed by atoms with van der Waals surface area (Å²) in [6.07, 6.45) is -3.31. The topological polar surface area (TPSA) is 352 Å². The molecule has 0 aliphatic carbocycles. The molecule has 10 bridgehead atoms. The van der Waals surface area contributed by atoms with Crippen LogP contribution in [0.4, 0.5) is 4.79 Å². The van der Waals surface area contributed by atoms with Gasteiger partial charge in [0.1, 0.15) is 99.9 Å². The normalized spacial score (nSPS) is 19.3. The average Bonchev–Trinajstić information content (AvgIpc) is 2.32. The molecule has 2 aromatic carbocycles. The third-order valence-corrected chi connectivity index (χ3v) is 19.8. The summed E-state index contributed by atoms with van der Waals surface area (Å²) in [6, 6.07) is 14.6. The summed E-state index contributed by atoms with van der Waals surface area (Å²) >= 11 is 6.89. The van der Waals surface area contributed by atoms with Crippen LogP contribution in [0.15, 0.2) is 93.6 Å². The highest BCUT2D eigenvalue weighted by Gasteiger charge is 2.48. The summed E-state index contributed by atoms with van der Waals surface area (Å²) in [6.45, 7) is 5.48. The number of carbonyl (C=O) groups excluding carboxylic acids is 7. The first-order chi connectivity index (χ1) is 41.9. The molecule has 7 aromatic heterocycles. The molecule has 24 nitrogen and oxygen atoms in total. The average molecular weight is 1290 g/mol. The molecule has 30 heteroatoms. The van der Waals surface area contributed by atoms with Crippen LogP contribution >= 0.6 is 68.0 Å². The van der Waals surface area contributed by atoms with Gasteiger partial charge in [-0.2, -0.15) is 0 Å². The van der Waals surface area contributed by atoms with Crippen molar-refractivity contribution in [1.82, 2.24) is 61.1 Å². The maximum atomic E-state index is 15.5. The van der Waals surface area contributed by atoms with E-state index in [2.05, 4.69) is 36.2 Å². The Bertz CT molecular complexity index is 4090. The first-order valence-electron chi connectivity index (χ1n) is 26.8. The number of methoxy groups -OCH3 is 1. The van der Waals surface area contributed by atoms with E-state index >= 15 is 4.79 Å². The minimum Gasteiger partial charge on any atom is -0.497 e. The molecule has 0 unspecified atom stereocenters. The number of aliphatic hydroxyl groups is 1. The molecule has 1 fully saturated rings. The molecular formula is C57H52N14O10S6. The number of aryl methyl sites for hydroxylation is 1. The van der Waals surface area contributed by atoms with E-state index in [9.17, 15) is 33.9 Å². The molecule has 9 aromatic rings. The summed E-state index contributed by atoms with van der Waals surface area (Å²) < 4.78 is 11.4. The highest BCUT2D eigenvalue weighted by molar-refractivity contribution is 7.15. The lowest BCUT2D eigenvalue weighted by molar-refractivity contribution is -0.134. The number of alkyl carbamates (subject to hydrolysis) is 1. The Hall–Kier alpha value is -8.78. The van der Waals surface area contributed by atoms with Gasteiger partial charge in [-0.05, 0) is 49.2 Å². The van der Waals surface area contributed by atoms with Gasteiger partial charge in [0.15, 0.2) is 0 Å². The number of primary amides is 2. The van der Waals surface area contributed by atoms with Crippen molar-refractivity contribution in [2.75, 3.05) is 20.2 Å². The fourth-order valence-electron chi connectivity index (χ4n) is 9.89. The smallest absolute Gasteiger partial charge is 0.407 e. The predicted octanol–water partition coefficient (Wildman–Crippen LogP) is 7.44. The lowest BCUT2D eigenvalue weighted by Crippen LogP contribution is -2.50. The van der Waals surface area contributed by atoms with Crippen LogP contribution in [0.1, 0.15) is 117 Å². The minimum absolute atomic E-state index is 0.00520. The first-order valence-corrected chi connectivity index (χ1v) is 32.0. The molecule has 7 atom stereocenters. The number of rotatable bonds is 11. The second-order valence-electron chi connectivity index (χ2n) is 20.0. The maximum Gasteiger partial charge on any atom is 0.407 e. The van der Waals surface area contributed by atoms with Crippen molar-refractivity contribution < 1.29 is 48.1 Å². The van der Waals surface area contributed by atoms with Gasteiger partial charge in [-0.25, -0.2) is 39.7 Å². The van der Waals surface area contributed by atoms with Crippen LogP contribution < -0.4 is 37.5 Å². The quantitative estimate of drug-likeness (QED) is 0.0661. The van der Waals surface area contributed by atoms with Gasteiger partial charge < -0.3 is 52.2 Å². The third kappa shape index (κ3) is 12.9. The zero-order valence-corrected chi connectivity index (χ0v) is 51.3. The van der Waals surface area contributed by atoms with Crippen LogP contribution in [-0.2, 0) is 20.7 Å². The van der Waals surface area contributed by atoms with Crippen LogP contribution in [0.2, 0.25) is 0 Å². The molecule has 87 heavy (non-hydrogen) atoms.